The summed E-state index contributed by atoms with van der Waals surface area (Å²) >= 11 is 0. The zero-order valence-electron chi connectivity index (χ0n) is 10.8. The number of rotatable bonds is 5. The van der Waals surface area contributed by atoms with Crippen LogP contribution in [0.1, 0.15) is 18.1 Å². The number of benzene rings is 1. The van der Waals surface area contributed by atoms with Crippen LogP contribution >= 0.6 is 0 Å². The summed E-state index contributed by atoms with van der Waals surface area (Å²) in [5.74, 6) is 1.80. The van der Waals surface area contributed by atoms with Crippen molar-refractivity contribution in [1.29, 1.82) is 0 Å². The van der Waals surface area contributed by atoms with E-state index >= 15 is 0 Å². The van der Waals surface area contributed by atoms with Crippen molar-refractivity contribution < 1.29 is 4.74 Å². The predicted molar refractivity (Wildman–Crippen MR) is 73.9 cm³/mol. The van der Waals surface area contributed by atoms with Crippen molar-refractivity contribution in [2.45, 2.75) is 19.9 Å². The summed E-state index contributed by atoms with van der Waals surface area (Å²) in [5, 5.41) is 3.32. The van der Waals surface area contributed by atoms with E-state index in [9.17, 15) is 0 Å². The molecule has 3 nitrogen and oxygen atoms in total. The average Bonchev–Trinajstić information content (AvgIpc) is 2.46. The summed E-state index contributed by atoms with van der Waals surface area (Å²) in [6, 6.07) is 12.2. The van der Waals surface area contributed by atoms with Crippen LogP contribution in [0.3, 0.4) is 0 Å². The molecule has 2 aromatic rings. The summed E-state index contributed by atoms with van der Waals surface area (Å²) in [6.07, 6.45) is 2.87. The number of methoxy groups -OCH3 is 1. The first-order valence-corrected chi connectivity index (χ1v) is 6.13. The Kier molecular flexibility index (Phi) is 4.18. The van der Waals surface area contributed by atoms with Gasteiger partial charge in [-0.2, -0.15) is 0 Å². The highest BCUT2D eigenvalue weighted by Gasteiger charge is 1.97. The third-order valence-corrected chi connectivity index (χ3v) is 2.87. The van der Waals surface area contributed by atoms with E-state index in [1.807, 2.05) is 24.4 Å². The molecule has 18 heavy (non-hydrogen) atoms. The number of nitrogens with zero attached hydrogens (tertiary/aromatic N) is 1. The second-order valence-electron chi connectivity index (χ2n) is 4.10. The maximum atomic E-state index is 5.13. The Labute approximate surface area is 108 Å². The van der Waals surface area contributed by atoms with E-state index < -0.39 is 0 Å². The van der Waals surface area contributed by atoms with E-state index in [-0.39, 0.29) is 0 Å². The van der Waals surface area contributed by atoms with Gasteiger partial charge in [0.05, 0.1) is 7.11 Å². The van der Waals surface area contributed by atoms with Gasteiger partial charge in [0, 0.05) is 12.7 Å². The molecule has 0 unspecified atom stereocenters. The lowest BCUT2D eigenvalue weighted by Gasteiger charge is -2.07. The number of aryl methyl sites for hydroxylation is 1. The molecule has 0 bridgehead atoms. The molecule has 0 aliphatic rings. The number of pyridine rings is 1. The summed E-state index contributed by atoms with van der Waals surface area (Å²) < 4.78 is 5.13. The number of aromatic nitrogens is 1. The van der Waals surface area contributed by atoms with E-state index in [1.165, 1.54) is 11.1 Å². The second-order valence-corrected chi connectivity index (χ2v) is 4.10. The Balaban J connectivity index is 1.97. The van der Waals surface area contributed by atoms with Crippen LogP contribution < -0.4 is 10.1 Å². The molecule has 3 heteroatoms. The largest absolute Gasteiger partial charge is 0.497 e. The van der Waals surface area contributed by atoms with Crippen molar-refractivity contribution >= 4 is 5.82 Å². The zero-order valence-corrected chi connectivity index (χ0v) is 10.8. The molecular formula is C15H18N2O. The standard InChI is InChI=1S/C15H18N2O/c1-3-12-8-9-16-15(10-12)17-11-13-4-6-14(18-2)7-5-13/h4-10H,3,11H2,1-2H3,(H,16,17). The van der Waals surface area contributed by atoms with Gasteiger partial charge in [0.25, 0.3) is 0 Å². The van der Waals surface area contributed by atoms with Crippen molar-refractivity contribution in [1.82, 2.24) is 4.98 Å². The highest BCUT2D eigenvalue weighted by Crippen LogP contribution is 2.13. The summed E-state index contributed by atoms with van der Waals surface area (Å²) in [6.45, 7) is 2.91. The Bertz CT molecular complexity index is 494. The van der Waals surface area contributed by atoms with Gasteiger partial charge in [-0.25, -0.2) is 4.98 Å². The lowest BCUT2D eigenvalue weighted by molar-refractivity contribution is 0.414. The van der Waals surface area contributed by atoms with Gasteiger partial charge in [0.15, 0.2) is 0 Å². The number of anilines is 1. The van der Waals surface area contributed by atoms with Gasteiger partial charge in [0.2, 0.25) is 0 Å². The highest BCUT2D eigenvalue weighted by molar-refractivity contribution is 5.39. The second kappa shape index (κ2) is 6.05. The Morgan fingerprint density at radius 1 is 1.11 bits per heavy atom. The summed E-state index contributed by atoms with van der Waals surface area (Å²) in [5.41, 5.74) is 2.50. The predicted octanol–water partition coefficient (Wildman–Crippen LogP) is 3.26. The SMILES string of the molecule is CCc1ccnc(NCc2ccc(OC)cc2)c1. The first-order chi connectivity index (χ1) is 8.81. The minimum atomic E-state index is 0.768. The topological polar surface area (TPSA) is 34.2 Å². The van der Waals surface area contributed by atoms with Gasteiger partial charge in [0.1, 0.15) is 11.6 Å². The molecule has 0 amide bonds. The van der Waals surface area contributed by atoms with E-state index in [1.54, 1.807) is 7.11 Å². The van der Waals surface area contributed by atoms with Crippen LogP contribution in [0.5, 0.6) is 5.75 Å². The van der Waals surface area contributed by atoms with Gasteiger partial charge in [-0.1, -0.05) is 19.1 Å². The minimum absolute atomic E-state index is 0.768. The first kappa shape index (κ1) is 12.4. The van der Waals surface area contributed by atoms with Gasteiger partial charge in [-0.15, -0.1) is 0 Å². The monoisotopic (exact) mass is 242 g/mol. The van der Waals surface area contributed by atoms with Crippen LogP contribution in [0, 0.1) is 0 Å². The van der Waals surface area contributed by atoms with E-state index in [2.05, 4.69) is 35.4 Å². The van der Waals surface area contributed by atoms with Gasteiger partial charge in [-0.3, -0.25) is 0 Å². The van der Waals surface area contributed by atoms with Crippen LogP contribution in [0.4, 0.5) is 5.82 Å². The van der Waals surface area contributed by atoms with Gasteiger partial charge >= 0.3 is 0 Å². The third-order valence-electron chi connectivity index (χ3n) is 2.87. The molecule has 0 saturated carbocycles. The zero-order chi connectivity index (χ0) is 12.8. The fraction of sp³-hybridized carbons (Fsp3) is 0.267. The maximum absolute atomic E-state index is 5.13. The quantitative estimate of drug-likeness (QED) is 0.873. The molecule has 0 aliphatic heterocycles. The first-order valence-electron chi connectivity index (χ1n) is 6.13. The molecule has 1 aromatic carbocycles. The van der Waals surface area contributed by atoms with Crippen LogP contribution in [0.2, 0.25) is 0 Å². The lowest BCUT2D eigenvalue weighted by Crippen LogP contribution is -2.01. The molecule has 94 valence electrons. The van der Waals surface area contributed by atoms with Crippen molar-refractivity contribution in [3.05, 3.63) is 53.7 Å². The van der Waals surface area contributed by atoms with Crippen LogP contribution in [0.25, 0.3) is 0 Å². The number of hydrogen-bond donors (Lipinski definition) is 1. The molecular weight excluding hydrogens is 224 g/mol. The molecule has 0 fully saturated rings. The molecule has 0 spiro atoms. The fourth-order valence-corrected chi connectivity index (χ4v) is 1.73. The van der Waals surface area contributed by atoms with Gasteiger partial charge < -0.3 is 10.1 Å². The Morgan fingerprint density at radius 3 is 2.56 bits per heavy atom. The van der Waals surface area contributed by atoms with Crippen molar-refractivity contribution in [3.63, 3.8) is 0 Å². The maximum Gasteiger partial charge on any atom is 0.126 e. The van der Waals surface area contributed by atoms with Crippen molar-refractivity contribution in [2.24, 2.45) is 0 Å². The van der Waals surface area contributed by atoms with Crippen LogP contribution in [-0.2, 0) is 13.0 Å². The van der Waals surface area contributed by atoms with E-state index in [0.29, 0.717) is 0 Å². The van der Waals surface area contributed by atoms with Crippen molar-refractivity contribution in [3.8, 4) is 5.75 Å². The minimum Gasteiger partial charge on any atom is -0.497 e. The molecule has 0 saturated heterocycles. The molecule has 1 N–H and O–H groups in total. The molecule has 2 rings (SSSR count). The molecule has 1 heterocycles. The number of ether oxygens (including phenoxy) is 1. The molecule has 0 atom stereocenters. The Morgan fingerprint density at radius 2 is 1.89 bits per heavy atom. The molecule has 1 aromatic heterocycles. The Hall–Kier alpha value is -2.03. The molecule has 0 aliphatic carbocycles. The van der Waals surface area contributed by atoms with Crippen molar-refractivity contribution in [2.75, 3.05) is 12.4 Å². The van der Waals surface area contributed by atoms with Gasteiger partial charge in [-0.05, 0) is 41.8 Å². The smallest absolute Gasteiger partial charge is 0.126 e. The number of nitrogens with one attached hydrogen (secondary N) is 1. The lowest BCUT2D eigenvalue weighted by atomic mass is 10.2. The average molecular weight is 242 g/mol. The third kappa shape index (κ3) is 3.23. The van der Waals surface area contributed by atoms with E-state index in [0.717, 1.165) is 24.5 Å². The normalized spacial score (nSPS) is 10.1. The summed E-state index contributed by atoms with van der Waals surface area (Å²) in [7, 11) is 1.67. The molecule has 0 radical (unpaired) electrons. The summed E-state index contributed by atoms with van der Waals surface area (Å²) in [4.78, 5) is 4.30. The van der Waals surface area contributed by atoms with Crippen LogP contribution in [-0.4, -0.2) is 12.1 Å². The highest BCUT2D eigenvalue weighted by atomic mass is 16.5. The fourth-order valence-electron chi connectivity index (χ4n) is 1.73. The van der Waals surface area contributed by atoms with E-state index in [4.69, 9.17) is 4.74 Å². The number of hydrogen-bond acceptors (Lipinski definition) is 3. The van der Waals surface area contributed by atoms with Crippen LogP contribution in [0.15, 0.2) is 42.6 Å².